The van der Waals surface area contributed by atoms with Crippen molar-refractivity contribution in [1.29, 1.82) is 0 Å². The zero-order valence-corrected chi connectivity index (χ0v) is 22.2. The number of hydrogen-bond donors (Lipinski definition) is 1. The van der Waals surface area contributed by atoms with Gasteiger partial charge in [-0.1, -0.05) is 85.6 Å². The van der Waals surface area contributed by atoms with Crippen molar-refractivity contribution >= 4 is 39.7 Å². The maximum atomic E-state index is 13.2. The molecule has 192 valence electrons. The summed E-state index contributed by atoms with van der Waals surface area (Å²) in [5.74, 6) is 0.910. The summed E-state index contributed by atoms with van der Waals surface area (Å²) in [4.78, 5) is 13.2. The van der Waals surface area contributed by atoms with E-state index in [1.54, 1.807) is 0 Å². The van der Waals surface area contributed by atoms with Crippen LogP contribution in [0.2, 0.25) is 5.02 Å². The number of aryl methyl sites for hydroxylation is 1. The Hall–Kier alpha value is -4.28. The second-order valence-corrected chi connectivity index (χ2v) is 10.5. The third kappa shape index (κ3) is 3.70. The highest BCUT2D eigenvalue weighted by molar-refractivity contribution is 6.33. The lowest BCUT2D eigenvalue weighted by atomic mass is 9.77. The minimum Gasteiger partial charge on any atom is -0.456 e. The van der Waals surface area contributed by atoms with Gasteiger partial charge in [0.15, 0.2) is 5.60 Å². The molecule has 7 rings (SSSR count). The van der Waals surface area contributed by atoms with E-state index in [0.29, 0.717) is 33.3 Å². The molecule has 2 aliphatic heterocycles. The molecule has 0 saturated carbocycles. The van der Waals surface area contributed by atoms with Crippen molar-refractivity contribution in [1.82, 2.24) is 0 Å². The third-order valence-corrected chi connectivity index (χ3v) is 8.06. The number of hydrogen-bond acceptors (Lipinski definition) is 4. The summed E-state index contributed by atoms with van der Waals surface area (Å²) < 4.78 is 13.0. The van der Waals surface area contributed by atoms with Crippen LogP contribution >= 0.6 is 11.6 Å². The van der Waals surface area contributed by atoms with Crippen LogP contribution < -0.4 is 10.1 Å². The van der Waals surface area contributed by atoms with Crippen LogP contribution in [0, 0.1) is 0 Å². The van der Waals surface area contributed by atoms with E-state index >= 15 is 0 Å². The van der Waals surface area contributed by atoms with E-state index in [0.717, 1.165) is 34.0 Å². The molecular weight excluding hydrogens is 506 g/mol. The highest BCUT2D eigenvalue weighted by Gasteiger charge is 2.54. The molecule has 2 heterocycles. The normalized spacial score (nSPS) is 16.8. The van der Waals surface area contributed by atoms with Gasteiger partial charge in [0, 0.05) is 33.8 Å². The molecule has 39 heavy (non-hydrogen) atoms. The van der Waals surface area contributed by atoms with Crippen molar-refractivity contribution in [2.45, 2.75) is 31.8 Å². The quantitative estimate of drug-likeness (QED) is 0.230. The van der Waals surface area contributed by atoms with Gasteiger partial charge in [0.2, 0.25) is 0 Å². The molecule has 0 fully saturated rings. The van der Waals surface area contributed by atoms with Gasteiger partial charge >= 0.3 is 5.97 Å². The van der Waals surface area contributed by atoms with Gasteiger partial charge in [-0.15, -0.1) is 0 Å². The van der Waals surface area contributed by atoms with E-state index in [1.807, 2.05) is 66.7 Å². The summed E-state index contributed by atoms with van der Waals surface area (Å²) in [5.41, 5.74) is 4.62. The number of halogens is 1. The molecule has 5 aromatic rings. The molecule has 0 aromatic heterocycles. The molecule has 1 N–H and O–H groups in total. The summed E-state index contributed by atoms with van der Waals surface area (Å²) in [6, 6.07) is 31.9. The van der Waals surface area contributed by atoms with Crippen LogP contribution in [-0.4, -0.2) is 5.97 Å². The number of esters is 1. The molecule has 4 nitrogen and oxygen atoms in total. The molecule has 0 aliphatic carbocycles. The molecule has 5 heteroatoms. The van der Waals surface area contributed by atoms with Gasteiger partial charge in [-0.3, -0.25) is 0 Å². The van der Waals surface area contributed by atoms with Crippen LogP contribution in [0.5, 0.6) is 11.5 Å². The Labute approximate surface area is 232 Å². The maximum absolute atomic E-state index is 13.2. The summed E-state index contributed by atoms with van der Waals surface area (Å²) in [6.45, 7) is 2.20. The smallest absolute Gasteiger partial charge is 0.340 e. The van der Waals surface area contributed by atoms with Crippen LogP contribution in [0.15, 0.2) is 97.1 Å². The lowest BCUT2D eigenvalue weighted by Crippen LogP contribution is -2.33. The summed E-state index contributed by atoms with van der Waals surface area (Å²) in [5, 5.41) is 5.96. The van der Waals surface area contributed by atoms with E-state index in [-0.39, 0.29) is 5.97 Å². The van der Waals surface area contributed by atoms with E-state index in [4.69, 9.17) is 21.1 Å². The number of anilines is 2. The first kappa shape index (κ1) is 23.8. The number of unbranched alkanes of at least 4 members (excludes halogenated alkanes) is 1. The first-order chi connectivity index (χ1) is 19.1. The van der Waals surface area contributed by atoms with Crippen LogP contribution in [0.4, 0.5) is 11.4 Å². The molecule has 0 bridgehead atoms. The molecule has 0 amide bonds. The van der Waals surface area contributed by atoms with Crippen molar-refractivity contribution in [2.24, 2.45) is 0 Å². The Kier molecular flexibility index (Phi) is 5.60. The zero-order valence-electron chi connectivity index (χ0n) is 21.5. The third-order valence-electron chi connectivity index (χ3n) is 7.74. The first-order valence-corrected chi connectivity index (χ1v) is 13.7. The molecule has 1 atom stereocenters. The van der Waals surface area contributed by atoms with Crippen molar-refractivity contribution in [3.63, 3.8) is 0 Å². The minimum absolute atomic E-state index is 0.362. The van der Waals surface area contributed by atoms with Gasteiger partial charge in [-0.25, -0.2) is 4.79 Å². The standard InChI is InChI=1S/C34H26ClNO3/c1-2-3-8-21-13-16-23(17-14-21)36-30-20-31-28(19-29(30)35)34(26-12-7-6-11-25(26)33(37)39-34)27-18-15-22-9-4-5-10-24(22)32(27)38-31/h4-7,9-20,36H,2-3,8H2,1H3. The number of rotatable bonds is 5. The van der Waals surface area contributed by atoms with Gasteiger partial charge in [-0.2, -0.15) is 0 Å². The number of carbonyl (C=O) groups excluding carboxylic acids is 1. The SMILES string of the molecule is CCCCc1ccc(Nc2cc3c(cc2Cl)C2(OC(=O)c4ccccc42)c2ccc4ccccc4c2O3)cc1. The summed E-state index contributed by atoms with van der Waals surface area (Å²) >= 11 is 6.90. The Morgan fingerprint density at radius 1 is 0.846 bits per heavy atom. The Bertz CT molecular complexity index is 1760. The number of benzene rings is 5. The lowest BCUT2D eigenvalue weighted by molar-refractivity contribution is 0.0225. The minimum atomic E-state index is -1.16. The fourth-order valence-corrected chi connectivity index (χ4v) is 6.01. The molecule has 0 radical (unpaired) electrons. The Morgan fingerprint density at radius 3 is 2.49 bits per heavy atom. The highest BCUT2D eigenvalue weighted by atomic mass is 35.5. The number of carbonyl (C=O) groups is 1. The van der Waals surface area contributed by atoms with E-state index in [2.05, 4.69) is 42.6 Å². The summed E-state index contributed by atoms with van der Waals surface area (Å²) in [6.07, 6.45) is 3.41. The fraction of sp³-hybridized carbons (Fsp3) is 0.147. The van der Waals surface area contributed by atoms with Gasteiger partial charge in [0.05, 0.1) is 16.3 Å². The summed E-state index contributed by atoms with van der Waals surface area (Å²) in [7, 11) is 0. The molecular formula is C34H26ClNO3. The molecule has 1 spiro atoms. The molecule has 2 aliphatic rings. The fourth-order valence-electron chi connectivity index (χ4n) is 5.80. The molecule has 0 saturated heterocycles. The lowest BCUT2D eigenvalue weighted by Gasteiger charge is -2.37. The topological polar surface area (TPSA) is 47.6 Å². The van der Waals surface area contributed by atoms with Crippen molar-refractivity contribution < 1.29 is 14.3 Å². The molecule has 5 aromatic carbocycles. The monoisotopic (exact) mass is 531 g/mol. The predicted molar refractivity (Wildman–Crippen MR) is 156 cm³/mol. The number of fused-ring (bicyclic) bond motifs is 8. The Balaban J connectivity index is 1.39. The van der Waals surface area contributed by atoms with Crippen molar-refractivity contribution in [2.75, 3.05) is 5.32 Å². The van der Waals surface area contributed by atoms with Gasteiger partial charge in [-0.05, 0) is 54.1 Å². The largest absolute Gasteiger partial charge is 0.456 e. The predicted octanol–water partition coefficient (Wildman–Crippen LogP) is 9.15. The van der Waals surface area contributed by atoms with E-state index in [9.17, 15) is 4.79 Å². The van der Waals surface area contributed by atoms with Crippen molar-refractivity contribution in [3.05, 3.63) is 130 Å². The maximum Gasteiger partial charge on any atom is 0.340 e. The van der Waals surface area contributed by atoms with Crippen LogP contribution in [-0.2, 0) is 16.8 Å². The molecule has 1 unspecified atom stereocenters. The zero-order chi connectivity index (χ0) is 26.6. The van der Waals surface area contributed by atoms with Gasteiger partial charge < -0.3 is 14.8 Å². The first-order valence-electron chi connectivity index (χ1n) is 13.3. The second kappa shape index (κ2) is 9.18. The highest BCUT2D eigenvalue weighted by Crippen LogP contribution is 2.58. The Morgan fingerprint density at radius 2 is 1.64 bits per heavy atom. The number of nitrogens with one attached hydrogen (secondary N) is 1. The average molecular weight is 532 g/mol. The number of ether oxygens (including phenoxy) is 2. The van der Waals surface area contributed by atoms with Crippen molar-refractivity contribution in [3.8, 4) is 11.5 Å². The van der Waals surface area contributed by atoms with Crippen LogP contribution in [0.25, 0.3) is 10.8 Å². The average Bonchev–Trinajstić information content (AvgIpc) is 3.26. The van der Waals surface area contributed by atoms with E-state index < -0.39 is 5.60 Å². The van der Waals surface area contributed by atoms with Gasteiger partial charge in [0.1, 0.15) is 11.5 Å². The second-order valence-electron chi connectivity index (χ2n) is 10.1. The van der Waals surface area contributed by atoms with Gasteiger partial charge in [0.25, 0.3) is 0 Å². The van der Waals surface area contributed by atoms with Crippen LogP contribution in [0.1, 0.15) is 52.4 Å². The van der Waals surface area contributed by atoms with E-state index in [1.165, 1.54) is 18.4 Å². The van der Waals surface area contributed by atoms with Crippen LogP contribution in [0.3, 0.4) is 0 Å².